The van der Waals surface area contributed by atoms with E-state index in [0.717, 1.165) is 21.9 Å². The van der Waals surface area contributed by atoms with E-state index in [1.807, 2.05) is 100 Å². The summed E-state index contributed by atoms with van der Waals surface area (Å²) in [6, 6.07) is 19.8. The van der Waals surface area contributed by atoms with Crippen LogP contribution in [0.1, 0.15) is 71.9 Å². The van der Waals surface area contributed by atoms with Crippen molar-refractivity contribution in [1.29, 1.82) is 0 Å². The highest BCUT2D eigenvalue weighted by atomic mass is 16.6. The van der Waals surface area contributed by atoms with E-state index in [0.29, 0.717) is 0 Å². The molecule has 13 nitrogen and oxygen atoms in total. The van der Waals surface area contributed by atoms with Gasteiger partial charge in [-0.2, -0.15) is 0 Å². The molecule has 4 rings (SSSR count). The molecule has 3 aromatic rings. The largest absolute Gasteiger partial charge is 0.480 e. The fourth-order valence-corrected chi connectivity index (χ4v) is 6.75. The van der Waals surface area contributed by atoms with Crippen molar-refractivity contribution in [2.45, 2.75) is 97.9 Å². The molecular formula is C44H58N4O9. The molecule has 4 atom stereocenters. The Labute approximate surface area is 335 Å². The molecule has 4 N–H and O–H groups in total. The number of esters is 1. The Morgan fingerprint density at radius 2 is 1.35 bits per heavy atom. The number of rotatable bonds is 18. The molecule has 0 bridgehead atoms. The summed E-state index contributed by atoms with van der Waals surface area (Å²) in [5, 5.41) is 19.8. The molecule has 1 aliphatic heterocycles. The number of likely N-dealkylation sites (tertiary alicyclic amines) is 1. The Morgan fingerprint density at radius 1 is 0.719 bits per heavy atom. The van der Waals surface area contributed by atoms with Crippen LogP contribution in [0.2, 0.25) is 0 Å². The maximum atomic E-state index is 14.3. The second-order valence-electron chi connectivity index (χ2n) is 16.0. The van der Waals surface area contributed by atoms with E-state index in [9.17, 15) is 33.9 Å². The monoisotopic (exact) mass is 786 g/mol. The van der Waals surface area contributed by atoms with Crippen molar-refractivity contribution in [3.8, 4) is 0 Å². The predicted molar refractivity (Wildman–Crippen MR) is 216 cm³/mol. The van der Waals surface area contributed by atoms with Gasteiger partial charge in [0.25, 0.3) is 5.91 Å². The van der Waals surface area contributed by atoms with Crippen LogP contribution in [0.15, 0.2) is 72.8 Å². The topological polar surface area (TPSA) is 180 Å². The number of fused-ring (bicyclic) bond motifs is 1. The molecule has 13 heteroatoms. The second-order valence-corrected chi connectivity index (χ2v) is 16.0. The molecular weight excluding hydrogens is 729 g/mol. The van der Waals surface area contributed by atoms with Crippen molar-refractivity contribution in [2.24, 2.45) is 23.7 Å². The Balaban J connectivity index is 1.50. The first-order valence-corrected chi connectivity index (χ1v) is 19.9. The fraction of sp³-hybridized carbons (Fsp3) is 0.500. The van der Waals surface area contributed by atoms with Gasteiger partial charge in [-0.25, -0.2) is 9.59 Å². The van der Waals surface area contributed by atoms with Crippen LogP contribution in [-0.2, 0) is 46.3 Å². The zero-order valence-corrected chi connectivity index (χ0v) is 33.9. The number of nitrogens with one attached hydrogen (secondary N) is 3. The highest BCUT2D eigenvalue weighted by Crippen LogP contribution is 2.23. The van der Waals surface area contributed by atoms with Crippen LogP contribution in [0.5, 0.6) is 0 Å². The van der Waals surface area contributed by atoms with E-state index in [1.54, 1.807) is 18.7 Å². The quantitative estimate of drug-likeness (QED) is 0.125. The van der Waals surface area contributed by atoms with Crippen LogP contribution in [-0.4, -0.2) is 89.7 Å². The van der Waals surface area contributed by atoms with Gasteiger partial charge in [0.1, 0.15) is 18.1 Å². The Kier molecular flexibility index (Phi) is 16.4. The van der Waals surface area contributed by atoms with E-state index in [2.05, 4.69) is 16.0 Å². The number of amides is 4. The van der Waals surface area contributed by atoms with Crippen molar-refractivity contribution in [2.75, 3.05) is 19.7 Å². The molecule has 4 amide bonds. The molecule has 0 aliphatic carbocycles. The van der Waals surface area contributed by atoms with Gasteiger partial charge < -0.3 is 35.4 Å². The number of piperidine rings is 1. The molecule has 0 aromatic heterocycles. The molecule has 0 saturated carbocycles. The average Bonchev–Trinajstić information content (AvgIpc) is 3.17. The van der Waals surface area contributed by atoms with Crippen molar-refractivity contribution >= 4 is 46.5 Å². The molecule has 3 aromatic carbocycles. The maximum absolute atomic E-state index is 14.3. The van der Waals surface area contributed by atoms with Gasteiger partial charge in [-0.3, -0.25) is 19.2 Å². The Bertz CT molecular complexity index is 1840. The predicted octanol–water partition coefficient (Wildman–Crippen LogP) is 5.28. The molecule has 1 heterocycles. The van der Waals surface area contributed by atoms with Gasteiger partial charge >= 0.3 is 18.0 Å². The number of carbonyl (C=O) groups is 6. The molecule has 1 fully saturated rings. The number of aliphatic carboxylic acids is 1. The average molecular weight is 787 g/mol. The van der Waals surface area contributed by atoms with Crippen LogP contribution in [0, 0.1) is 23.7 Å². The SMILES string of the molecule is CC(C)COC(=O)N[C@@H](Cc1ccccc1)C(=O)N[C@H](Cc1ccc2ccccc2c1)C(=O)N1CCC(C(=O)O[C@@H](CC(C)C)C(=O)N[C@H](C(=O)O)C(C)C)CC1. The van der Waals surface area contributed by atoms with Gasteiger partial charge in [-0.15, -0.1) is 0 Å². The van der Waals surface area contributed by atoms with E-state index < -0.39 is 60.0 Å². The van der Waals surface area contributed by atoms with Gasteiger partial charge in [0.05, 0.1) is 12.5 Å². The number of alkyl carbamates (subject to hydrolysis) is 1. The van der Waals surface area contributed by atoms with Crippen molar-refractivity contribution in [1.82, 2.24) is 20.9 Å². The summed E-state index contributed by atoms with van der Waals surface area (Å²) < 4.78 is 11.1. The van der Waals surface area contributed by atoms with Crippen LogP contribution in [0.3, 0.4) is 0 Å². The van der Waals surface area contributed by atoms with Gasteiger partial charge in [-0.1, -0.05) is 114 Å². The first-order valence-electron chi connectivity index (χ1n) is 19.9. The van der Waals surface area contributed by atoms with Crippen molar-refractivity contribution in [3.63, 3.8) is 0 Å². The zero-order chi connectivity index (χ0) is 41.6. The molecule has 1 aliphatic rings. The summed E-state index contributed by atoms with van der Waals surface area (Å²) in [7, 11) is 0. The van der Waals surface area contributed by atoms with Gasteiger partial charge in [0.15, 0.2) is 6.10 Å². The minimum atomic E-state index is -1.17. The Hall–Kier alpha value is -5.46. The summed E-state index contributed by atoms with van der Waals surface area (Å²) in [5.74, 6) is -4.20. The minimum absolute atomic E-state index is 0.0155. The fourth-order valence-electron chi connectivity index (χ4n) is 6.75. The number of carboxylic acid groups (broad SMARTS) is 1. The van der Waals surface area contributed by atoms with Gasteiger partial charge in [0.2, 0.25) is 11.8 Å². The summed E-state index contributed by atoms with van der Waals surface area (Å²) in [5.41, 5.74) is 1.63. The second kappa shape index (κ2) is 21.2. The lowest BCUT2D eigenvalue weighted by Gasteiger charge is -2.34. The zero-order valence-electron chi connectivity index (χ0n) is 33.9. The number of hydrogen-bond donors (Lipinski definition) is 4. The lowest BCUT2D eigenvalue weighted by Crippen LogP contribution is -2.56. The third-order valence-electron chi connectivity index (χ3n) is 9.91. The third-order valence-corrected chi connectivity index (χ3v) is 9.91. The molecule has 0 unspecified atom stereocenters. The third kappa shape index (κ3) is 13.6. The first-order chi connectivity index (χ1) is 27.1. The van der Waals surface area contributed by atoms with Crippen LogP contribution in [0.25, 0.3) is 10.8 Å². The standard InChI is InChI=1S/C44H58N4O9/c1-27(2)22-37(40(50)47-38(29(5)6)42(52)53)57-43(54)33-18-20-48(21-19-33)41(51)36(25-31-16-17-32-14-10-11-15-34(32)23-31)45-39(49)35(24-30-12-8-7-9-13-30)46-44(55)56-26-28(3)4/h7-17,23,27-29,33,35-38H,18-22,24-26H2,1-6H3,(H,45,49)(H,46,55)(H,47,50)(H,52,53)/t35-,36+,37-,38-/m0/s1. The number of carboxylic acids is 1. The number of benzene rings is 3. The van der Waals surface area contributed by atoms with E-state index in [-0.39, 0.29) is 75.5 Å². The normalized spacial score (nSPS) is 15.4. The maximum Gasteiger partial charge on any atom is 0.407 e. The van der Waals surface area contributed by atoms with E-state index in [1.165, 1.54) is 0 Å². The molecule has 0 radical (unpaired) electrons. The molecule has 57 heavy (non-hydrogen) atoms. The summed E-state index contributed by atoms with van der Waals surface area (Å²) in [6.45, 7) is 11.5. The highest BCUT2D eigenvalue weighted by molar-refractivity contribution is 5.92. The number of ether oxygens (including phenoxy) is 2. The summed E-state index contributed by atoms with van der Waals surface area (Å²) >= 11 is 0. The molecule has 1 saturated heterocycles. The van der Waals surface area contributed by atoms with Crippen molar-refractivity contribution < 1.29 is 43.3 Å². The Morgan fingerprint density at radius 3 is 1.96 bits per heavy atom. The number of nitrogens with zero attached hydrogens (tertiary/aromatic N) is 1. The summed E-state index contributed by atoms with van der Waals surface area (Å²) in [4.78, 5) is 81.1. The number of hydrogen-bond acceptors (Lipinski definition) is 8. The lowest BCUT2D eigenvalue weighted by molar-refractivity contribution is -0.163. The smallest absolute Gasteiger partial charge is 0.407 e. The lowest BCUT2D eigenvalue weighted by atomic mass is 9.95. The highest BCUT2D eigenvalue weighted by Gasteiger charge is 2.36. The molecule has 0 spiro atoms. The van der Waals surface area contributed by atoms with E-state index in [4.69, 9.17) is 9.47 Å². The summed E-state index contributed by atoms with van der Waals surface area (Å²) in [6.07, 6.45) is -0.821. The van der Waals surface area contributed by atoms with Crippen molar-refractivity contribution in [3.05, 3.63) is 83.9 Å². The molecule has 308 valence electrons. The minimum Gasteiger partial charge on any atom is -0.480 e. The van der Waals surface area contributed by atoms with Gasteiger partial charge in [0, 0.05) is 25.9 Å². The van der Waals surface area contributed by atoms with Crippen LogP contribution in [0.4, 0.5) is 4.79 Å². The van der Waals surface area contributed by atoms with Crippen LogP contribution < -0.4 is 16.0 Å². The first kappa shape index (κ1) is 44.3. The number of carbonyl (C=O) groups excluding carboxylic acids is 5. The van der Waals surface area contributed by atoms with Crippen LogP contribution >= 0.6 is 0 Å². The van der Waals surface area contributed by atoms with Gasteiger partial charge in [-0.05, 0) is 58.9 Å². The van der Waals surface area contributed by atoms with E-state index >= 15 is 0 Å².